The van der Waals surface area contributed by atoms with Gasteiger partial charge in [0.1, 0.15) is 12.6 Å². The fourth-order valence-corrected chi connectivity index (χ4v) is 3.02. The average Bonchev–Trinajstić information content (AvgIpc) is 3.03. The van der Waals surface area contributed by atoms with E-state index in [9.17, 15) is 14.4 Å². The predicted octanol–water partition coefficient (Wildman–Crippen LogP) is 2.08. The molecule has 7 heteroatoms. The molecule has 1 aromatic carbocycles. The second-order valence-electron chi connectivity index (χ2n) is 5.66. The normalized spacial score (nSPS) is 16.8. The summed E-state index contributed by atoms with van der Waals surface area (Å²) >= 11 is 3.34. The molecule has 1 saturated heterocycles. The van der Waals surface area contributed by atoms with Gasteiger partial charge in [-0.2, -0.15) is 0 Å². The molecule has 1 aliphatic heterocycles. The van der Waals surface area contributed by atoms with E-state index in [4.69, 9.17) is 4.74 Å². The third-order valence-electron chi connectivity index (χ3n) is 3.94. The molecule has 24 heavy (non-hydrogen) atoms. The van der Waals surface area contributed by atoms with Crippen LogP contribution in [0, 0.1) is 0 Å². The first-order valence-corrected chi connectivity index (χ1v) is 8.70. The van der Waals surface area contributed by atoms with Gasteiger partial charge in [0.15, 0.2) is 0 Å². The molecule has 0 spiro atoms. The van der Waals surface area contributed by atoms with Gasteiger partial charge in [0.05, 0.1) is 6.61 Å². The summed E-state index contributed by atoms with van der Waals surface area (Å²) in [6.07, 6.45) is 1.38. The van der Waals surface area contributed by atoms with Crippen molar-refractivity contribution in [2.45, 2.75) is 25.8 Å². The van der Waals surface area contributed by atoms with Gasteiger partial charge in [0, 0.05) is 23.6 Å². The van der Waals surface area contributed by atoms with Crippen molar-refractivity contribution < 1.29 is 19.1 Å². The Morgan fingerprint density at radius 1 is 1.29 bits per heavy atom. The van der Waals surface area contributed by atoms with Crippen LogP contribution in [-0.2, 0) is 14.3 Å². The highest BCUT2D eigenvalue weighted by molar-refractivity contribution is 9.10. The van der Waals surface area contributed by atoms with Crippen LogP contribution in [0.3, 0.4) is 0 Å². The van der Waals surface area contributed by atoms with E-state index in [-0.39, 0.29) is 25.0 Å². The summed E-state index contributed by atoms with van der Waals surface area (Å²) in [6.45, 7) is 2.43. The Kier molecular flexibility index (Phi) is 6.36. The number of halogens is 1. The molecule has 6 nitrogen and oxygen atoms in total. The molecule has 0 saturated carbocycles. The number of amides is 2. The number of rotatable bonds is 5. The number of likely N-dealkylation sites (tertiary alicyclic amines) is 1. The maximum atomic E-state index is 12.7. The van der Waals surface area contributed by atoms with Crippen molar-refractivity contribution in [1.82, 2.24) is 9.80 Å². The highest BCUT2D eigenvalue weighted by Gasteiger charge is 2.36. The maximum Gasteiger partial charge on any atom is 0.325 e. The van der Waals surface area contributed by atoms with Crippen LogP contribution in [0.1, 0.15) is 30.1 Å². The lowest BCUT2D eigenvalue weighted by molar-refractivity contribution is -0.149. The fourth-order valence-electron chi connectivity index (χ4n) is 2.76. The third kappa shape index (κ3) is 4.35. The molecule has 0 aliphatic carbocycles. The Labute approximate surface area is 149 Å². The SMILES string of the molecule is CCOC(=O)CN(C)C(=O)C1CCCN1C(=O)c1ccc(Br)cc1. The van der Waals surface area contributed by atoms with Gasteiger partial charge in [-0.05, 0) is 44.0 Å². The molecule has 0 N–H and O–H groups in total. The number of carbonyl (C=O) groups excluding carboxylic acids is 3. The number of hydrogen-bond acceptors (Lipinski definition) is 4. The number of ether oxygens (including phenoxy) is 1. The first kappa shape index (κ1) is 18.4. The van der Waals surface area contributed by atoms with Crippen LogP contribution >= 0.6 is 15.9 Å². The van der Waals surface area contributed by atoms with Crippen LogP contribution in [-0.4, -0.2) is 60.4 Å². The largest absolute Gasteiger partial charge is 0.465 e. The van der Waals surface area contributed by atoms with Gasteiger partial charge in [0.25, 0.3) is 5.91 Å². The standard InChI is InChI=1S/C17H21BrN2O4/c1-3-24-15(21)11-19(2)17(23)14-5-4-10-20(14)16(22)12-6-8-13(18)9-7-12/h6-9,14H,3-5,10-11H2,1-2H3. The number of benzene rings is 1. The Balaban J connectivity index is 2.06. The minimum Gasteiger partial charge on any atom is -0.465 e. The zero-order chi connectivity index (χ0) is 17.7. The van der Waals surface area contributed by atoms with Gasteiger partial charge < -0.3 is 14.5 Å². The molecule has 130 valence electrons. The van der Waals surface area contributed by atoms with E-state index in [1.165, 1.54) is 4.90 Å². The van der Waals surface area contributed by atoms with Gasteiger partial charge >= 0.3 is 5.97 Å². The minimum absolute atomic E-state index is 0.108. The van der Waals surface area contributed by atoms with E-state index in [2.05, 4.69) is 15.9 Å². The molecule has 1 aliphatic rings. The van der Waals surface area contributed by atoms with Crippen molar-refractivity contribution in [1.29, 1.82) is 0 Å². The molecule has 1 heterocycles. The first-order valence-electron chi connectivity index (χ1n) is 7.91. The lowest BCUT2D eigenvalue weighted by Gasteiger charge is -2.27. The Morgan fingerprint density at radius 2 is 1.96 bits per heavy atom. The second kappa shape index (κ2) is 8.28. The summed E-state index contributed by atoms with van der Waals surface area (Å²) in [5.41, 5.74) is 0.547. The van der Waals surface area contributed by atoms with Crippen LogP contribution in [0.4, 0.5) is 0 Å². The van der Waals surface area contributed by atoms with Crippen molar-refractivity contribution >= 4 is 33.7 Å². The lowest BCUT2D eigenvalue weighted by Crippen LogP contribution is -2.47. The summed E-state index contributed by atoms with van der Waals surface area (Å²) in [5, 5.41) is 0. The lowest BCUT2D eigenvalue weighted by atomic mass is 10.1. The van der Waals surface area contributed by atoms with Crippen molar-refractivity contribution in [3.8, 4) is 0 Å². The number of carbonyl (C=O) groups is 3. The predicted molar refractivity (Wildman–Crippen MR) is 92.5 cm³/mol. The summed E-state index contributed by atoms with van der Waals surface area (Å²) in [7, 11) is 1.56. The van der Waals surface area contributed by atoms with Crippen LogP contribution in [0.25, 0.3) is 0 Å². The molecular formula is C17H21BrN2O4. The molecule has 1 unspecified atom stereocenters. The van der Waals surface area contributed by atoms with E-state index >= 15 is 0 Å². The summed E-state index contributed by atoms with van der Waals surface area (Å²) in [4.78, 5) is 39.7. The monoisotopic (exact) mass is 396 g/mol. The minimum atomic E-state index is -0.527. The third-order valence-corrected chi connectivity index (χ3v) is 4.47. The van der Waals surface area contributed by atoms with Crippen molar-refractivity contribution in [3.63, 3.8) is 0 Å². The molecule has 1 atom stereocenters. The Bertz CT molecular complexity index is 618. The first-order chi connectivity index (χ1) is 11.4. The molecule has 0 radical (unpaired) electrons. The Hall–Kier alpha value is -1.89. The number of likely N-dealkylation sites (N-methyl/N-ethyl adjacent to an activating group) is 1. The van der Waals surface area contributed by atoms with E-state index < -0.39 is 12.0 Å². The average molecular weight is 397 g/mol. The van der Waals surface area contributed by atoms with E-state index in [1.807, 2.05) is 0 Å². The highest BCUT2D eigenvalue weighted by atomic mass is 79.9. The summed E-state index contributed by atoms with van der Waals surface area (Å²) < 4.78 is 5.75. The number of hydrogen-bond donors (Lipinski definition) is 0. The molecular weight excluding hydrogens is 376 g/mol. The summed E-state index contributed by atoms with van der Waals surface area (Å²) in [5.74, 6) is -0.842. The van der Waals surface area contributed by atoms with Gasteiger partial charge in [-0.15, -0.1) is 0 Å². The van der Waals surface area contributed by atoms with E-state index in [1.54, 1.807) is 43.1 Å². The molecule has 2 amide bonds. The number of nitrogens with zero attached hydrogens (tertiary/aromatic N) is 2. The van der Waals surface area contributed by atoms with Gasteiger partial charge in [0.2, 0.25) is 5.91 Å². The maximum absolute atomic E-state index is 12.7. The van der Waals surface area contributed by atoms with Gasteiger partial charge in [-0.3, -0.25) is 14.4 Å². The zero-order valence-electron chi connectivity index (χ0n) is 13.8. The number of esters is 1. The highest BCUT2D eigenvalue weighted by Crippen LogP contribution is 2.22. The molecule has 0 bridgehead atoms. The topological polar surface area (TPSA) is 66.9 Å². The van der Waals surface area contributed by atoms with Crippen molar-refractivity contribution in [2.75, 3.05) is 26.7 Å². The molecule has 2 rings (SSSR count). The van der Waals surface area contributed by atoms with E-state index in [0.29, 0.717) is 18.5 Å². The van der Waals surface area contributed by atoms with Crippen LogP contribution < -0.4 is 0 Å². The quantitative estimate of drug-likeness (QED) is 0.714. The van der Waals surface area contributed by atoms with Crippen molar-refractivity contribution in [2.24, 2.45) is 0 Å². The van der Waals surface area contributed by atoms with Crippen LogP contribution in [0.5, 0.6) is 0 Å². The van der Waals surface area contributed by atoms with Gasteiger partial charge in [-0.1, -0.05) is 15.9 Å². The Morgan fingerprint density at radius 3 is 2.58 bits per heavy atom. The second-order valence-corrected chi connectivity index (χ2v) is 6.58. The van der Waals surface area contributed by atoms with Crippen LogP contribution in [0.15, 0.2) is 28.7 Å². The van der Waals surface area contributed by atoms with Gasteiger partial charge in [-0.25, -0.2) is 0 Å². The fraction of sp³-hybridized carbons (Fsp3) is 0.471. The molecule has 0 aromatic heterocycles. The summed E-state index contributed by atoms with van der Waals surface area (Å²) in [6, 6.07) is 6.53. The van der Waals surface area contributed by atoms with Crippen LogP contribution in [0.2, 0.25) is 0 Å². The van der Waals surface area contributed by atoms with E-state index in [0.717, 1.165) is 10.9 Å². The zero-order valence-corrected chi connectivity index (χ0v) is 15.4. The van der Waals surface area contributed by atoms with Crippen molar-refractivity contribution in [3.05, 3.63) is 34.3 Å². The smallest absolute Gasteiger partial charge is 0.325 e. The molecule has 1 fully saturated rings. The molecule has 1 aromatic rings.